The highest BCUT2D eigenvalue weighted by Gasteiger charge is 2.36. The number of benzene rings is 2. The summed E-state index contributed by atoms with van der Waals surface area (Å²) < 4.78 is 7.62. The summed E-state index contributed by atoms with van der Waals surface area (Å²) in [4.78, 5) is 12.1. The van der Waals surface area contributed by atoms with Crippen molar-refractivity contribution in [2.75, 3.05) is 20.3 Å². The highest BCUT2D eigenvalue weighted by molar-refractivity contribution is 6.30. The standard InChI is InChI=1S/C26H27ClN4O3/c1-17-14-30(16-28-17)22-10-5-18(13-24(22)33-2)12-20-4-3-11-31-23(15-34-29-26(20)31)25(32)19-6-8-21(27)9-7-19/h5-10,12-14,16,23,25,32H,3-4,11,15H2,1-2H3/b20-12+. The normalized spacial score (nSPS) is 19.9. The van der Waals surface area contributed by atoms with E-state index in [2.05, 4.69) is 27.2 Å². The smallest absolute Gasteiger partial charge is 0.171 e. The minimum Gasteiger partial charge on any atom is -0.495 e. The molecule has 2 aliphatic rings. The number of oxime groups is 1. The molecule has 1 saturated heterocycles. The molecular weight excluding hydrogens is 452 g/mol. The van der Waals surface area contributed by atoms with Gasteiger partial charge in [-0.2, -0.15) is 0 Å². The van der Waals surface area contributed by atoms with Gasteiger partial charge in [0.05, 0.1) is 30.9 Å². The fourth-order valence-electron chi connectivity index (χ4n) is 4.57. The zero-order valence-electron chi connectivity index (χ0n) is 19.2. The Morgan fingerprint density at radius 3 is 2.79 bits per heavy atom. The Kier molecular flexibility index (Phi) is 6.30. The molecule has 0 radical (unpaired) electrons. The number of ether oxygens (including phenoxy) is 1. The van der Waals surface area contributed by atoms with Crippen LogP contribution in [-0.4, -0.2) is 51.7 Å². The second kappa shape index (κ2) is 9.52. The Morgan fingerprint density at radius 1 is 1.24 bits per heavy atom. The number of methoxy groups -OCH3 is 1. The molecule has 3 heterocycles. The summed E-state index contributed by atoms with van der Waals surface area (Å²) >= 11 is 6.02. The van der Waals surface area contributed by atoms with Gasteiger partial charge in [0, 0.05) is 17.8 Å². The Labute approximate surface area is 203 Å². The molecule has 0 saturated carbocycles. The lowest BCUT2D eigenvalue weighted by Crippen LogP contribution is -2.51. The first-order valence-corrected chi connectivity index (χ1v) is 11.7. The van der Waals surface area contributed by atoms with Crippen molar-refractivity contribution >= 4 is 23.5 Å². The van der Waals surface area contributed by atoms with Crippen LogP contribution in [0.5, 0.6) is 5.75 Å². The van der Waals surface area contributed by atoms with Crippen LogP contribution in [-0.2, 0) is 4.84 Å². The minimum absolute atomic E-state index is 0.223. The van der Waals surface area contributed by atoms with E-state index in [4.69, 9.17) is 21.2 Å². The number of rotatable bonds is 5. The molecule has 0 bridgehead atoms. The number of hydrogen-bond acceptors (Lipinski definition) is 6. The summed E-state index contributed by atoms with van der Waals surface area (Å²) in [6, 6.07) is 13.2. The molecule has 2 aliphatic heterocycles. The van der Waals surface area contributed by atoms with Crippen molar-refractivity contribution < 1.29 is 14.7 Å². The molecule has 34 heavy (non-hydrogen) atoms. The molecular formula is C26H27ClN4O3. The van der Waals surface area contributed by atoms with Crippen LogP contribution in [0, 0.1) is 6.92 Å². The fraction of sp³-hybridized carbons (Fsp3) is 0.308. The molecule has 1 aromatic heterocycles. The number of aliphatic hydroxyl groups excluding tert-OH is 1. The van der Waals surface area contributed by atoms with Crippen LogP contribution >= 0.6 is 11.6 Å². The largest absolute Gasteiger partial charge is 0.495 e. The van der Waals surface area contributed by atoms with E-state index in [1.54, 1.807) is 25.6 Å². The van der Waals surface area contributed by atoms with E-state index in [-0.39, 0.29) is 6.04 Å². The van der Waals surface area contributed by atoms with E-state index < -0.39 is 6.10 Å². The van der Waals surface area contributed by atoms with Crippen LogP contribution in [0.4, 0.5) is 0 Å². The molecule has 2 atom stereocenters. The summed E-state index contributed by atoms with van der Waals surface area (Å²) in [7, 11) is 1.67. The number of halogens is 1. The minimum atomic E-state index is -0.708. The number of fused-ring (bicyclic) bond motifs is 1. The third-order valence-electron chi connectivity index (χ3n) is 6.31. The fourth-order valence-corrected chi connectivity index (χ4v) is 4.70. The van der Waals surface area contributed by atoms with Crippen molar-refractivity contribution in [3.63, 3.8) is 0 Å². The lowest BCUT2D eigenvalue weighted by atomic mass is 9.94. The van der Waals surface area contributed by atoms with Gasteiger partial charge in [0.1, 0.15) is 18.5 Å². The van der Waals surface area contributed by atoms with Gasteiger partial charge in [-0.1, -0.05) is 35.0 Å². The first kappa shape index (κ1) is 22.5. The quantitative estimate of drug-likeness (QED) is 0.572. The van der Waals surface area contributed by atoms with Crippen molar-refractivity contribution in [3.05, 3.63) is 82.4 Å². The average molecular weight is 479 g/mol. The molecule has 7 nitrogen and oxygen atoms in total. The molecule has 0 amide bonds. The number of aliphatic hydroxyl groups is 1. The van der Waals surface area contributed by atoms with Crippen LogP contribution in [0.2, 0.25) is 5.02 Å². The Morgan fingerprint density at radius 2 is 2.06 bits per heavy atom. The van der Waals surface area contributed by atoms with Gasteiger partial charge < -0.3 is 24.1 Å². The summed E-state index contributed by atoms with van der Waals surface area (Å²) in [5, 5.41) is 16.1. The van der Waals surface area contributed by atoms with Gasteiger partial charge in [0.25, 0.3) is 0 Å². The molecule has 0 spiro atoms. The average Bonchev–Trinajstić information content (AvgIpc) is 3.30. The molecule has 3 aromatic rings. The van der Waals surface area contributed by atoms with Gasteiger partial charge in [0.2, 0.25) is 0 Å². The monoisotopic (exact) mass is 478 g/mol. The highest BCUT2D eigenvalue weighted by Crippen LogP contribution is 2.32. The van der Waals surface area contributed by atoms with Gasteiger partial charge in [-0.15, -0.1) is 0 Å². The molecule has 0 aliphatic carbocycles. The van der Waals surface area contributed by atoms with Crippen molar-refractivity contribution in [1.29, 1.82) is 0 Å². The SMILES string of the molecule is COc1cc(/C=C2\CCCN3C2=NOCC3C(O)c2ccc(Cl)cc2)ccc1-n1cnc(C)c1. The zero-order chi connectivity index (χ0) is 23.7. The predicted molar refractivity (Wildman–Crippen MR) is 132 cm³/mol. The number of hydrogen-bond donors (Lipinski definition) is 1. The third-order valence-corrected chi connectivity index (χ3v) is 6.56. The second-order valence-corrected chi connectivity index (χ2v) is 9.03. The molecule has 5 rings (SSSR count). The number of imidazole rings is 1. The molecule has 2 unspecified atom stereocenters. The summed E-state index contributed by atoms with van der Waals surface area (Å²) in [6.45, 7) is 3.10. The lowest BCUT2D eigenvalue weighted by Gasteiger charge is -2.42. The third kappa shape index (κ3) is 4.41. The van der Waals surface area contributed by atoms with E-state index in [1.165, 1.54) is 0 Å². The van der Waals surface area contributed by atoms with Crippen LogP contribution in [0.1, 0.15) is 35.8 Å². The number of amidine groups is 1. The van der Waals surface area contributed by atoms with E-state index in [0.29, 0.717) is 11.6 Å². The second-order valence-electron chi connectivity index (χ2n) is 8.59. The van der Waals surface area contributed by atoms with Crippen molar-refractivity contribution in [1.82, 2.24) is 14.5 Å². The van der Waals surface area contributed by atoms with Gasteiger partial charge in [-0.3, -0.25) is 0 Å². The maximum absolute atomic E-state index is 11.1. The first-order valence-electron chi connectivity index (χ1n) is 11.3. The van der Waals surface area contributed by atoms with Crippen LogP contribution in [0.15, 0.2) is 65.7 Å². The highest BCUT2D eigenvalue weighted by atomic mass is 35.5. The lowest BCUT2D eigenvalue weighted by molar-refractivity contribution is -0.00798. The van der Waals surface area contributed by atoms with E-state index in [1.807, 2.05) is 42.0 Å². The number of aromatic nitrogens is 2. The number of nitrogens with zero attached hydrogens (tertiary/aromatic N) is 4. The van der Waals surface area contributed by atoms with Gasteiger partial charge in [-0.05, 0) is 66.8 Å². The van der Waals surface area contributed by atoms with Gasteiger partial charge in [-0.25, -0.2) is 4.98 Å². The Hall–Kier alpha value is -3.29. The summed E-state index contributed by atoms with van der Waals surface area (Å²) in [5.41, 5.74) is 4.77. The van der Waals surface area contributed by atoms with Crippen molar-refractivity contribution in [2.45, 2.75) is 31.9 Å². The van der Waals surface area contributed by atoms with Crippen LogP contribution in [0.25, 0.3) is 11.8 Å². The van der Waals surface area contributed by atoms with E-state index >= 15 is 0 Å². The van der Waals surface area contributed by atoms with Gasteiger partial charge >= 0.3 is 0 Å². The number of piperidine rings is 1. The van der Waals surface area contributed by atoms with Crippen molar-refractivity contribution in [3.8, 4) is 11.4 Å². The van der Waals surface area contributed by atoms with Crippen molar-refractivity contribution in [2.24, 2.45) is 5.16 Å². The van der Waals surface area contributed by atoms with E-state index in [0.717, 1.165) is 59.1 Å². The van der Waals surface area contributed by atoms with Crippen LogP contribution < -0.4 is 4.74 Å². The molecule has 1 fully saturated rings. The zero-order valence-corrected chi connectivity index (χ0v) is 19.9. The molecule has 1 N–H and O–H groups in total. The van der Waals surface area contributed by atoms with E-state index in [9.17, 15) is 5.11 Å². The summed E-state index contributed by atoms with van der Waals surface area (Å²) in [6.07, 6.45) is 7.02. The maximum Gasteiger partial charge on any atom is 0.171 e. The van der Waals surface area contributed by atoms with Crippen LogP contribution in [0.3, 0.4) is 0 Å². The molecule has 8 heteroatoms. The Balaban J connectivity index is 1.42. The molecule has 2 aromatic carbocycles. The first-order chi connectivity index (χ1) is 16.5. The van der Waals surface area contributed by atoms with Gasteiger partial charge in [0.15, 0.2) is 5.84 Å². The summed E-state index contributed by atoms with van der Waals surface area (Å²) in [5.74, 6) is 1.54. The topological polar surface area (TPSA) is 72.1 Å². The predicted octanol–water partition coefficient (Wildman–Crippen LogP) is 4.77. The number of aryl methyl sites for hydroxylation is 1. The Bertz CT molecular complexity index is 1240. The maximum atomic E-state index is 11.1. The molecule has 176 valence electrons.